The summed E-state index contributed by atoms with van der Waals surface area (Å²) in [6.45, 7) is 20.1. The Morgan fingerprint density at radius 3 is 2.39 bits per heavy atom. The van der Waals surface area contributed by atoms with Crippen LogP contribution < -0.4 is 10.9 Å². The van der Waals surface area contributed by atoms with Crippen LogP contribution in [0.25, 0.3) is 10.9 Å². The number of nitrogens with one attached hydrogen (secondary N) is 2. The number of hydrogen-bond acceptors (Lipinski definition) is 7. The number of ether oxygens (including phenoxy) is 1. The molecular weight excluding hydrogens is 498 g/mol. The molecule has 0 radical (unpaired) electrons. The summed E-state index contributed by atoms with van der Waals surface area (Å²) in [7, 11) is -2.13. The number of aromatic amines is 1. The monoisotopic (exact) mass is 545 g/mol. The van der Waals surface area contributed by atoms with E-state index in [-0.39, 0.29) is 28.4 Å². The van der Waals surface area contributed by atoms with Crippen molar-refractivity contribution in [1.82, 2.24) is 15.2 Å². The average molecular weight is 546 g/mol. The molecule has 1 aromatic heterocycles. The molecule has 0 spiro atoms. The molecule has 1 fully saturated rings. The summed E-state index contributed by atoms with van der Waals surface area (Å²) in [4.78, 5) is 29.1. The number of esters is 1. The number of carbonyl (C=O) groups excluding carboxylic acids is 1. The van der Waals surface area contributed by atoms with Gasteiger partial charge in [0, 0.05) is 30.6 Å². The molecule has 1 saturated heterocycles. The van der Waals surface area contributed by atoms with Crippen LogP contribution in [-0.2, 0) is 14.0 Å². The molecule has 1 aromatic carbocycles. The Bertz CT molecular complexity index is 1160. The van der Waals surface area contributed by atoms with Gasteiger partial charge in [0.15, 0.2) is 8.32 Å². The van der Waals surface area contributed by atoms with Crippen LogP contribution in [-0.4, -0.2) is 67.1 Å². The van der Waals surface area contributed by atoms with Crippen molar-refractivity contribution >= 4 is 25.2 Å². The maximum Gasteiger partial charge on any atom is 0.307 e. The number of fused-ring (bicyclic) bond motifs is 1. The third-order valence-corrected chi connectivity index (χ3v) is 12.2. The van der Waals surface area contributed by atoms with Gasteiger partial charge in [0.1, 0.15) is 11.4 Å². The highest BCUT2D eigenvalue weighted by molar-refractivity contribution is 6.74. The van der Waals surface area contributed by atoms with Crippen molar-refractivity contribution in [3.05, 3.63) is 40.2 Å². The van der Waals surface area contributed by atoms with Gasteiger partial charge in [-0.3, -0.25) is 9.59 Å². The summed E-state index contributed by atoms with van der Waals surface area (Å²) in [5.41, 5.74) is 0.705. The predicted octanol–water partition coefficient (Wildman–Crippen LogP) is 5.08. The van der Waals surface area contributed by atoms with Crippen LogP contribution in [0.1, 0.15) is 72.5 Å². The molecule has 212 valence electrons. The number of benzene rings is 1. The lowest BCUT2D eigenvalue weighted by atomic mass is 10.0. The lowest BCUT2D eigenvalue weighted by Crippen LogP contribution is -2.47. The van der Waals surface area contributed by atoms with Crippen LogP contribution in [0.5, 0.6) is 5.75 Å². The molecule has 2 aromatic rings. The molecule has 9 heteroatoms. The van der Waals surface area contributed by atoms with Gasteiger partial charge in [-0.1, -0.05) is 26.8 Å². The van der Waals surface area contributed by atoms with Gasteiger partial charge < -0.3 is 29.5 Å². The van der Waals surface area contributed by atoms with Gasteiger partial charge >= 0.3 is 5.97 Å². The number of rotatable bonds is 9. The Labute approximate surface area is 228 Å². The minimum atomic E-state index is -2.13. The molecule has 1 atom stereocenters. The van der Waals surface area contributed by atoms with Crippen LogP contribution in [0.15, 0.2) is 29.1 Å². The van der Waals surface area contributed by atoms with Crippen LogP contribution >= 0.6 is 0 Å². The summed E-state index contributed by atoms with van der Waals surface area (Å²) < 4.78 is 12.4. The topological polar surface area (TPSA) is 104 Å². The smallest absolute Gasteiger partial charge is 0.307 e. The number of aromatic hydroxyl groups is 1. The van der Waals surface area contributed by atoms with Crippen LogP contribution in [0.3, 0.4) is 0 Å². The number of pyridine rings is 1. The number of likely N-dealkylation sites (tertiary alicyclic amines) is 1. The van der Waals surface area contributed by atoms with Crippen LogP contribution in [0.4, 0.5) is 0 Å². The number of phenols is 1. The van der Waals surface area contributed by atoms with Crippen molar-refractivity contribution in [2.75, 3.05) is 26.2 Å². The van der Waals surface area contributed by atoms with Crippen molar-refractivity contribution in [2.45, 2.75) is 96.7 Å². The predicted molar refractivity (Wildman–Crippen MR) is 155 cm³/mol. The first-order valence-corrected chi connectivity index (χ1v) is 16.7. The van der Waals surface area contributed by atoms with Crippen LogP contribution in [0.2, 0.25) is 18.1 Å². The highest BCUT2D eigenvalue weighted by Gasteiger charge is 2.40. The highest BCUT2D eigenvalue weighted by atomic mass is 28.4. The van der Waals surface area contributed by atoms with E-state index in [2.05, 4.69) is 49.1 Å². The van der Waals surface area contributed by atoms with Gasteiger partial charge in [-0.25, -0.2) is 0 Å². The molecule has 0 amide bonds. The molecule has 3 rings (SSSR count). The van der Waals surface area contributed by atoms with Gasteiger partial charge in [-0.15, -0.1) is 0 Å². The molecule has 0 unspecified atom stereocenters. The quantitative estimate of drug-likeness (QED) is 0.298. The van der Waals surface area contributed by atoms with Gasteiger partial charge in [0.25, 0.3) is 0 Å². The van der Waals surface area contributed by atoms with Crippen molar-refractivity contribution in [3.63, 3.8) is 0 Å². The highest BCUT2D eigenvalue weighted by Crippen LogP contribution is 2.41. The Hall–Kier alpha value is -2.20. The Kier molecular flexibility index (Phi) is 9.50. The van der Waals surface area contributed by atoms with Crippen molar-refractivity contribution in [1.29, 1.82) is 0 Å². The van der Waals surface area contributed by atoms with E-state index >= 15 is 0 Å². The van der Waals surface area contributed by atoms with E-state index in [1.807, 2.05) is 26.8 Å². The van der Waals surface area contributed by atoms with E-state index in [0.717, 1.165) is 43.4 Å². The summed E-state index contributed by atoms with van der Waals surface area (Å²) in [5.74, 6) is -0.0925. The van der Waals surface area contributed by atoms with Gasteiger partial charge in [-0.2, -0.15) is 0 Å². The Morgan fingerprint density at radius 2 is 1.79 bits per heavy atom. The second kappa shape index (κ2) is 11.9. The first kappa shape index (κ1) is 30.3. The molecule has 8 nitrogen and oxygen atoms in total. The number of hydrogen-bond donors (Lipinski definition) is 3. The standard InChI is InChI=1S/C29H47N3O5Si/c1-28(2,3)36-26(35)15-18-32-16-13-20(14-17-32)30-19-24(37-38(7,8)29(4,5)6)21-9-11-23(33)27-22(21)10-12-25(34)31-27/h9-12,20,24,30,33H,13-19H2,1-8H3,(H,31,34)/t24-/m0/s1. The lowest BCUT2D eigenvalue weighted by molar-refractivity contribution is -0.155. The molecule has 0 aliphatic carbocycles. The SMILES string of the molecule is CC(C)(C)OC(=O)CCN1CCC(NC[C@H](O[Si](C)(C)C(C)(C)C)c2ccc(O)c3[nH]c(=O)ccc23)CC1. The summed E-state index contributed by atoms with van der Waals surface area (Å²) in [6, 6.07) is 7.17. The van der Waals surface area contributed by atoms with E-state index < -0.39 is 13.9 Å². The van der Waals surface area contributed by atoms with Crippen molar-refractivity contribution in [3.8, 4) is 5.75 Å². The molecule has 38 heavy (non-hydrogen) atoms. The maximum atomic E-state index is 12.1. The number of nitrogens with zero attached hydrogens (tertiary/aromatic N) is 1. The first-order chi connectivity index (χ1) is 17.6. The summed E-state index contributed by atoms with van der Waals surface area (Å²) in [6.07, 6.45) is 2.17. The Morgan fingerprint density at radius 1 is 1.13 bits per heavy atom. The molecule has 0 bridgehead atoms. The number of phenolic OH excluding ortho intramolecular Hbond substituents is 1. The zero-order valence-corrected chi connectivity index (χ0v) is 25.4. The normalized spacial score (nSPS) is 17.1. The number of aromatic nitrogens is 1. The van der Waals surface area contributed by atoms with E-state index in [4.69, 9.17) is 9.16 Å². The fourth-order valence-corrected chi connectivity index (χ4v) is 5.84. The summed E-state index contributed by atoms with van der Waals surface area (Å²) in [5, 5.41) is 15.0. The van der Waals surface area contributed by atoms with E-state index in [1.54, 1.807) is 12.1 Å². The second-order valence-corrected chi connectivity index (χ2v) is 17.8. The van der Waals surface area contributed by atoms with E-state index in [9.17, 15) is 14.7 Å². The second-order valence-electron chi connectivity index (χ2n) is 13.0. The average Bonchev–Trinajstić information content (AvgIpc) is 2.80. The minimum Gasteiger partial charge on any atom is -0.506 e. The number of H-pyrrole nitrogens is 1. The molecule has 1 aliphatic rings. The van der Waals surface area contributed by atoms with Crippen LogP contribution in [0, 0.1) is 0 Å². The third-order valence-electron chi connectivity index (χ3n) is 7.73. The van der Waals surface area contributed by atoms with Gasteiger partial charge in [0.2, 0.25) is 5.56 Å². The minimum absolute atomic E-state index is 0.0335. The molecule has 3 N–H and O–H groups in total. The van der Waals surface area contributed by atoms with E-state index in [0.29, 0.717) is 24.5 Å². The summed E-state index contributed by atoms with van der Waals surface area (Å²) >= 11 is 0. The van der Waals surface area contributed by atoms with Gasteiger partial charge in [-0.05, 0) is 82.5 Å². The third kappa shape index (κ3) is 8.15. The molecule has 1 aliphatic heterocycles. The number of carbonyl (C=O) groups is 1. The molecule has 2 heterocycles. The van der Waals surface area contributed by atoms with Crippen molar-refractivity contribution in [2.24, 2.45) is 0 Å². The first-order valence-electron chi connectivity index (χ1n) is 13.8. The molecular formula is C29H47N3O5Si. The van der Waals surface area contributed by atoms with Crippen molar-refractivity contribution < 1.29 is 19.1 Å². The fourth-order valence-electron chi connectivity index (χ4n) is 4.56. The zero-order valence-electron chi connectivity index (χ0n) is 24.4. The Balaban J connectivity index is 1.69. The fraction of sp³-hybridized carbons (Fsp3) is 0.655. The maximum absolute atomic E-state index is 12.1. The lowest BCUT2D eigenvalue weighted by Gasteiger charge is -2.40. The molecule has 0 saturated carbocycles. The zero-order chi connectivity index (χ0) is 28.3. The number of piperidine rings is 1. The largest absolute Gasteiger partial charge is 0.506 e. The van der Waals surface area contributed by atoms with E-state index in [1.165, 1.54) is 6.07 Å². The van der Waals surface area contributed by atoms with Gasteiger partial charge in [0.05, 0.1) is 18.0 Å².